The fraction of sp³-hybridized carbons (Fsp3) is 0.357. The molecule has 0 saturated heterocycles. The molecule has 0 bridgehead atoms. The third-order valence-corrected chi connectivity index (χ3v) is 3.27. The molecule has 19 heavy (non-hydrogen) atoms. The van der Waals surface area contributed by atoms with Gasteiger partial charge in [-0.05, 0) is 31.5 Å². The summed E-state index contributed by atoms with van der Waals surface area (Å²) in [4.78, 5) is 4.46. The Bertz CT molecular complexity index is 566. The van der Waals surface area contributed by atoms with Gasteiger partial charge in [0, 0.05) is 30.6 Å². The van der Waals surface area contributed by atoms with Crippen LogP contribution in [-0.2, 0) is 11.3 Å². The van der Waals surface area contributed by atoms with Crippen molar-refractivity contribution in [3.63, 3.8) is 0 Å². The van der Waals surface area contributed by atoms with E-state index in [-0.39, 0.29) is 0 Å². The maximum Gasteiger partial charge on any atom is 0.207 e. The number of aryl methyl sites for hydroxylation is 2. The van der Waals surface area contributed by atoms with E-state index in [4.69, 9.17) is 16.3 Å². The maximum atomic E-state index is 6.12. The van der Waals surface area contributed by atoms with Crippen LogP contribution >= 0.6 is 11.6 Å². The Morgan fingerprint density at radius 1 is 1.37 bits per heavy atom. The third-order valence-electron chi connectivity index (χ3n) is 2.86. The highest BCUT2D eigenvalue weighted by Gasteiger charge is 2.06. The van der Waals surface area contributed by atoms with Crippen molar-refractivity contribution in [3.8, 4) is 0 Å². The summed E-state index contributed by atoms with van der Waals surface area (Å²) in [5.74, 6) is 0.800. The molecule has 0 aliphatic carbocycles. The van der Waals surface area contributed by atoms with Crippen LogP contribution in [0.25, 0.3) is 0 Å². The van der Waals surface area contributed by atoms with Gasteiger partial charge in [0.05, 0.1) is 12.3 Å². The molecule has 1 heterocycles. The lowest BCUT2D eigenvalue weighted by Crippen LogP contribution is -2.07. The highest BCUT2D eigenvalue weighted by molar-refractivity contribution is 6.31. The number of halogens is 1. The maximum absolute atomic E-state index is 6.12. The number of aromatic nitrogens is 2. The van der Waals surface area contributed by atoms with Crippen molar-refractivity contribution in [1.29, 1.82) is 0 Å². The fourth-order valence-corrected chi connectivity index (χ4v) is 1.99. The SMILES string of the molecule is COCCn1cc(C)nc1Nc1ccc(C)c(Cl)c1. The van der Waals surface area contributed by atoms with Gasteiger partial charge in [0.25, 0.3) is 0 Å². The van der Waals surface area contributed by atoms with E-state index in [2.05, 4.69) is 10.3 Å². The van der Waals surface area contributed by atoms with Gasteiger partial charge < -0.3 is 14.6 Å². The van der Waals surface area contributed by atoms with Gasteiger partial charge in [0.2, 0.25) is 5.95 Å². The Hall–Kier alpha value is -1.52. The number of nitrogens with one attached hydrogen (secondary N) is 1. The summed E-state index contributed by atoms with van der Waals surface area (Å²) in [7, 11) is 1.69. The summed E-state index contributed by atoms with van der Waals surface area (Å²) >= 11 is 6.12. The topological polar surface area (TPSA) is 39.1 Å². The minimum Gasteiger partial charge on any atom is -0.383 e. The van der Waals surface area contributed by atoms with Crippen LogP contribution in [0.5, 0.6) is 0 Å². The summed E-state index contributed by atoms with van der Waals surface area (Å²) in [6, 6.07) is 5.88. The molecule has 5 heteroatoms. The number of rotatable bonds is 5. The zero-order valence-corrected chi connectivity index (χ0v) is 12.2. The van der Waals surface area contributed by atoms with Crippen LogP contribution in [0.1, 0.15) is 11.3 Å². The van der Waals surface area contributed by atoms with Gasteiger partial charge in [0.15, 0.2) is 0 Å². The molecule has 0 atom stereocenters. The summed E-state index contributed by atoms with van der Waals surface area (Å²) in [5, 5.41) is 4.03. The molecule has 0 saturated carbocycles. The Labute approximate surface area is 118 Å². The van der Waals surface area contributed by atoms with Gasteiger partial charge in [-0.25, -0.2) is 4.98 Å². The van der Waals surface area contributed by atoms with Crippen molar-refractivity contribution in [2.75, 3.05) is 19.0 Å². The first kappa shape index (κ1) is 13.9. The van der Waals surface area contributed by atoms with Crippen molar-refractivity contribution < 1.29 is 4.74 Å². The van der Waals surface area contributed by atoms with Crippen molar-refractivity contribution in [2.24, 2.45) is 0 Å². The van der Waals surface area contributed by atoms with Crippen molar-refractivity contribution in [3.05, 3.63) is 40.7 Å². The third kappa shape index (κ3) is 3.49. The summed E-state index contributed by atoms with van der Waals surface area (Å²) in [5.41, 5.74) is 2.96. The zero-order chi connectivity index (χ0) is 13.8. The van der Waals surface area contributed by atoms with Gasteiger partial charge in [-0.2, -0.15) is 0 Å². The Kier molecular flexibility index (Phi) is 4.45. The zero-order valence-electron chi connectivity index (χ0n) is 11.4. The van der Waals surface area contributed by atoms with Crippen molar-refractivity contribution in [1.82, 2.24) is 9.55 Å². The first-order valence-electron chi connectivity index (χ1n) is 6.16. The molecule has 0 unspecified atom stereocenters. The number of anilines is 2. The first-order valence-corrected chi connectivity index (χ1v) is 6.54. The standard InChI is InChI=1S/C14H18ClN3O/c1-10-4-5-12(8-13(10)15)17-14-16-11(2)9-18(14)6-7-19-3/h4-5,8-9H,6-7H2,1-3H3,(H,16,17). The molecule has 4 nitrogen and oxygen atoms in total. The van der Waals surface area contributed by atoms with E-state index in [1.54, 1.807) is 7.11 Å². The number of hydrogen-bond donors (Lipinski definition) is 1. The van der Waals surface area contributed by atoms with Gasteiger partial charge in [0.1, 0.15) is 0 Å². The van der Waals surface area contributed by atoms with Crippen LogP contribution in [0.3, 0.4) is 0 Å². The number of hydrogen-bond acceptors (Lipinski definition) is 3. The van der Waals surface area contributed by atoms with Crippen LogP contribution < -0.4 is 5.32 Å². The average molecular weight is 280 g/mol. The van der Waals surface area contributed by atoms with E-state index in [1.807, 2.05) is 42.8 Å². The molecule has 0 aliphatic heterocycles. The molecule has 0 radical (unpaired) electrons. The van der Waals surface area contributed by atoms with E-state index >= 15 is 0 Å². The second kappa shape index (κ2) is 6.08. The van der Waals surface area contributed by atoms with E-state index in [1.165, 1.54) is 0 Å². The normalized spacial score (nSPS) is 10.7. The Balaban J connectivity index is 2.19. The molecule has 102 valence electrons. The van der Waals surface area contributed by atoms with Gasteiger partial charge in [-0.15, -0.1) is 0 Å². The van der Waals surface area contributed by atoms with Gasteiger partial charge in [-0.3, -0.25) is 0 Å². The predicted octanol–water partition coefficient (Wildman–Crippen LogP) is 3.54. The van der Waals surface area contributed by atoms with E-state index in [0.717, 1.165) is 34.5 Å². The molecular weight excluding hydrogens is 262 g/mol. The number of ether oxygens (including phenoxy) is 1. The molecule has 0 aliphatic rings. The molecule has 2 aromatic rings. The first-order chi connectivity index (χ1) is 9.10. The summed E-state index contributed by atoms with van der Waals surface area (Å²) in [6.45, 7) is 5.37. The highest BCUT2D eigenvalue weighted by Crippen LogP contribution is 2.23. The summed E-state index contributed by atoms with van der Waals surface area (Å²) in [6.07, 6.45) is 2.00. The molecule has 1 aromatic carbocycles. The predicted molar refractivity (Wildman–Crippen MR) is 78.3 cm³/mol. The largest absolute Gasteiger partial charge is 0.383 e. The molecule has 0 spiro atoms. The van der Waals surface area contributed by atoms with Crippen LogP contribution in [0, 0.1) is 13.8 Å². The highest BCUT2D eigenvalue weighted by atomic mass is 35.5. The lowest BCUT2D eigenvalue weighted by Gasteiger charge is -2.10. The smallest absolute Gasteiger partial charge is 0.207 e. The van der Waals surface area contributed by atoms with Crippen molar-refractivity contribution in [2.45, 2.75) is 20.4 Å². The summed E-state index contributed by atoms with van der Waals surface area (Å²) < 4.78 is 7.13. The van der Waals surface area contributed by atoms with Crippen molar-refractivity contribution >= 4 is 23.2 Å². The lowest BCUT2D eigenvalue weighted by atomic mass is 10.2. The van der Waals surface area contributed by atoms with Crippen LogP contribution in [-0.4, -0.2) is 23.3 Å². The fourth-order valence-electron chi connectivity index (χ4n) is 1.81. The molecular formula is C14H18ClN3O. The van der Waals surface area contributed by atoms with Gasteiger partial charge in [-0.1, -0.05) is 17.7 Å². The molecule has 1 N–H and O–H groups in total. The molecule has 2 rings (SSSR count). The quantitative estimate of drug-likeness (QED) is 0.910. The minimum absolute atomic E-state index is 0.652. The second-order valence-corrected chi connectivity index (χ2v) is 4.89. The molecule has 1 aromatic heterocycles. The lowest BCUT2D eigenvalue weighted by molar-refractivity contribution is 0.188. The van der Waals surface area contributed by atoms with E-state index in [9.17, 15) is 0 Å². The minimum atomic E-state index is 0.652. The van der Waals surface area contributed by atoms with Crippen LogP contribution in [0.15, 0.2) is 24.4 Å². The van der Waals surface area contributed by atoms with E-state index < -0.39 is 0 Å². The number of methoxy groups -OCH3 is 1. The van der Waals surface area contributed by atoms with Gasteiger partial charge >= 0.3 is 0 Å². The second-order valence-electron chi connectivity index (χ2n) is 4.48. The van der Waals surface area contributed by atoms with E-state index in [0.29, 0.717) is 6.61 Å². The average Bonchev–Trinajstić information content (AvgIpc) is 2.71. The molecule has 0 amide bonds. The Morgan fingerprint density at radius 2 is 2.16 bits per heavy atom. The van der Waals surface area contributed by atoms with Crippen LogP contribution in [0.2, 0.25) is 5.02 Å². The number of nitrogens with zero attached hydrogens (tertiary/aromatic N) is 2. The van der Waals surface area contributed by atoms with Crippen LogP contribution in [0.4, 0.5) is 11.6 Å². The number of imidazole rings is 1. The number of benzene rings is 1. The Morgan fingerprint density at radius 3 is 2.84 bits per heavy atom. The molecule has 0 fully saturated rings. The monoisotopic (exact) mass is 279 g/mol.